The van der Waals surface area contributed by atoms with Gasteiger partial charge in [0.2, 0.25) is 0 Å². The summed E-state index contributed by atoms with van der Waals surface area (Å²) in [6, 6.07) is 0.338. The van der Waals surface area contributed by atoms with Crippen LogP contribution in [0.2, 0.25) is 0 Å². The van der Waals surface area contributed by atoms with E-state index >= 15 is 0 Å². The number of carbonyl (C=O) groups is 1. The lowest BCUT2D eigenvalue weighted by Gasteiger charge is -2.58. The van der Waals surface area contributed by atoms with Gasteiger partial charge in [0.05, 0.1) is 12.2 Å². The molecule has 0 bridgehead atoms. The van der Waals surface area contributed by atoms with Gasteiger partial charge >= 0.3 is 0 Å². The Bertz CT molecular complexity index is 436. The number of hydrogen-bond donors (Lipinski definition) is 1. The molecule has 2 saturated carbocycles. The Balaban J connectivity index is 1.72. The minimum atomic E-state index is -0.283. The molecule has 0 radical (unpaired) electrons. The standard InChI is InChI=1S/C19H34N2O3/c1-3-11-21(18(22)15-8-7-14(13-20)24-15)16-12-17(23-4-2)19(16)9-5-6-10-19/h14-17H,3-13,20H2,1-2H3/t14-,15+,16?,17?/m1/s1. The molecule has 0 aromatic rings. The van der Waals surface area contributed by atoms with Crippen molar-refractivity contribution in [3.8, 4) is 0 Å². The minimum Gasteiger partial charge on any atom is -0.378 e. The fourth-order valence-corrected chi connectivity index (χ4v) is 5.19. The summed E-state index contributed by atoms with van der Waals surface area (Å²) in [6.45, 7) is 6.34. The van der Waals surface area contributed by atoms with E-state index in [2.05, 4.69) is 18.7 Å². The van der Waals surface area contributed by atoms with Crippen LogP contribution >= 0.6 is 0 Å². The predicted molar refractivity (Wildman–Crippen MR) is 93.7 cm³/mol. The molecule has 4 atom stereocenters. The third-order valence-electron chi connectivity index (χ3n) is 6.41. The number of hydrogen-bond acceptors (Lipinski definition) is 4. The SMILES string of the molecule is CCCN(C(=O)[C@@H]1CC[C@H](CN)O1)C1CC(OCC)C12CCCC2. The highest BCUT2D eigenvalue weighted by Gasteiger charge is 2.59. The lowest BCUT2D eigenvalue weighted by molar-refractivity contribution is -0.182. The fraction of sp³-hybridized carbons (Fsp3) is 0.947. The van der Waals surface area contributed by atoms with Gasteiger partial charge in [-0.05, 0) is 45.4 Å². The molecular formula is C19H34N2O3. The molecule has 1 amide bonds. The van der Waals surface area contributed by atoms with E-state index in [1.54, 1.807) is 0 Å². The number of amides is 1. The Kier molecular flexibility index (Phi) is 5.83. The molecule has 3 fully saturated rings. The summed E-state index contributed by atoms with van der Waals surface area (Å²) < 4.78 is 11.9. The quantitative estimate of drug-likeness (QED) is 0.774. The van der Waals surface area contributed by atoms with E-state index in [4.69, 9.17) is 15.2 Å². The van der Waals surface area contributed by atoms with E-state index in [0.29, 0.717) is 18.7 Å². The first-order valence-electron chi connectivity index (χ1n) is 9.93. The molecule has 3 rings (SSSR count). The van der Waals surface area contributed by atoms with Crippen LogP contribution in [0.25, 0.3) is 0 Å². The van der Waals surface area contributed by atoms with Gasteiger partial charge in [0.15, 0.2) is 0 Å². The Morgan fingerprint density at radius 2 is 2.04 bits per heavy atom. The van der Waals surface area contributed by atoms with E-state index in [9.17, 15) is 4.79 Å². The Morgan fingerprint density at radius 3 is 2.62 bits per heavy atom. The number of nitrogens with zero attached hydrogens (tertiary/aromatic N) is 1. The van der Waals surface area contributed by atoms with Gasteiger partial charge in [-0.15, -0.1) is 0 Å². The lowest BCUT2D eigenvalue weighted by Crippen LogP contribution is -2.66. The van der Waals surface area contributed by atoms with Crippen LogP contribution in [0.5, 0.6) is 0 Å². The number of nitrogens with two attached hydrogens (primary N) is 1. The molecule has 0 aromatic carbocycles. The normalized spacial score (nSPS) is 34.5. The van der Waals surface area contributed by atoms with Crippen LogP contribution in [0.15, 0.2) is 0 Å². The summed E-state index contributed by atoms with van der Waals surface area (Å²) >= 11 is 0. The summed E-state index contributed by atoms with van der Waals surface area (Å²) in [4.78, 5) is 15.3. The molecule has 1 heterocycles. The van der Waals surface area contributed by atoms with E-state index in [-0.39, 0.29) is 23.5 Å². The lowest BCUT2D eigenvalue weighted by atomic mass is 9.59. The number of ether oxygens (including phenoxy) is 2. The summed E-state index contributed by atoms with van der Waals surface area (Å²) in [5.74, 6) is 0.194. The van der Waals surface area contributed by atoms with E-state index < -0.39 is 0 Å². The Morgan fingerprint density at radius 1 is 1.29 bits per heavy atom. The molecule has 2 unspecified atom stereocenters. The molecule has 2 aliphatic carbocycles. The second kappa shape index (κ2) is 7.71. The van der Waals surface area contributed by atoms with Gasteiger partial charge < -0.3 is 20.1 Å². The second-order valence-electron chi connectivity index (χ2n) is 7.73. The first kappa shape index (κ1) is 18.2. The van der Waals surface area contributed by atoms with Crippen molar-refractivity contribution in [1.82, 2.24) is 4.90 Å². The van der Waals surface area contributed by atoms with Crippen LogP contribution < -0.4 is 5.73 Å². The van der Waals surface area contributed by atoms with Crippen LogP contribution in [0.1, 0.15) is 65.2 Å². The Labute approximate surface area is 146 Å². The highest BCUT2D eigenvalue weighted by molar-refractivity contribution is 5.81. The zero-order chi connectivity index (χ0) is 17.2. The van der Waals surface area contributed by atoms with Crippen molar-refractivity contribution in [3.05, 3.63) is 0 Å². The smallest absolute Gasteiger partial charge is 0.251 e. The average Bonchev–Trinajstić information content (AvgIpc) is 3.26. The van der Waals surface area contributed by atoms with Crippen LogP contribution in [-0.4, -0.2) is 54.9 Å². The summed E-state index contributed by atoms with van der Waals surface area (Å²) in [5, 5.41) is 0. The zero-order valence-corrected chi connectivity index (χ0v) is 15.3. The molecule has 2 N–H and O–H groups in total. The van der Waals surface area contributed by atoms with E-state index in [0.717, 1.165) is 38.8 Å². The molecule has 138 valence electrons. The predicted octanol–water partition coefficient (Wildman–Crippen LogP) is 2.47. The van der Waals surface area contributed by atoms with E-state index in [1.165, 1.54) is 25.7 Å². The average molecular weight is 338 g/mol. The molecule has 1 spiro atoms. The maximum Gasteiger partial charge on any atom is 0.251 e. The van der Waals surface area contributed by atoms with Crippen LogP contribution in [0, 0.1) is 5.41 Å². The summed E-state index contributed by atoms with van der Waals surface area (Å²) in [7, 11) is 0. The van der Waals surface area contributed by atoms with Crippen molar-refractivity contribution in [2.75, 3.05) is 19.7 Å². The molecule has 5 nitrogen and oxygen atoms in total. The maximum atomic E-state index is 13.2. The molecule has 0 aromatic heterocycles. The monoisotopic (exact) mass is 338 g/mol. The maximum absolute atomic E-state index is 13.2. The fourth-order valence-electron chi connectivity index (χ4n) is 5.19. The molecular weight excluding hydrogens is 304 g/mol. The van der Waals surface area contributed by atoms with Gasteiger partial charge in [0, 0.05) is 31.2 Å². The van der Waals surface area contributed by atoms with Crippen molar-refractivity contribution in [1.29, 1.82) is 0 Å². The van der Waals surface area contributed by atoms with Crippen LogP contribution in [0.4, 0.5) is 0 Å². The van der Waals surface area contributed by atoms with Gasteiger partial charge in [-0.2, -0.15) is 0 Å². The van der Waals surface area contributed by atoms with Crippen molar-refractivity contribution >= 4 is 5.91 Å². The van der Waals surface area contributed by atoms with Crippen LogP contribution in [-0.2, 0) is 14.3 Å². The number of rotatable bonds is 7. The molecule has 1 aliphatic heterocycles. The minimum absolute atomic E-state index is 0.0560. The van der Waals surface area contributed by atoms with Crippen molar-refractivity contribution in [2.24, 2.45) is 11.1 Å². The first-order chi connectivity index (χ1) is 11.7. The van der Waals surface area contributed by atoms with Crippen molar-refractivity contribution < 1.29 is 14.3 Å². The Hall–Kier alpha value is -0.650. The van der Waals surface area contributed by atoms with E-state index in [1.807, 2.05) is 0 Å². The highest BCUT2D eigenvalue weighted by Crippen LogP contribution is 2.56. The van der Waals surface area contributed by atoms with Crippen LogP contribution in [0.3, 0.4) is 0 Å². The summed E-state index contributed by atoms with van der Waals surface area (Å²) in [5.41, 5.74) is 5.91. The zero-order valence-electron chi connectivity index (χ0n) is 15.3. The topological polar surface area (TPSA) is 64.8 Å². The van der Waals surface area contributed by atoms with Gasteiger partial charge in [-0.3, -0.25) is 4.79 Å². The molecule has 5 heteroatoms. The third-order valence-corrected chi connectivity index (χ3v) is 6.41. The molecule has 3 aliphatic rings. The van der Waals surface area contributed by atoms with Gasteiger partial charge in [-0.25, -0.2) is 0 Å². The first-order valence-corrected chi connectivity index (χ1v) is 9.93. The largest absolute Gasteiger partial charge is 0.378 e. The van der Waals surface area contributed by atoms with Gasteiger partial charge in [0.1, 0.15) is 6.10 Å². The molecule has 1 saturated heterocycles. The van der Waals surface area contributed by atoms with Gasteiger partial charge in [0.25, 0.3) is 5.91 Å². The van der Waals surface area contributed by atoms with Crippen molar-refractivity contribution in [3.63, 3.8) is 0 Å². The third kappa shape index (κ3) is 3.11. The van der Waals surface area contributed by atoms with Gasteiger partial charge in [-0.1, -0.05) is 19.8 Å². The molecule has 24 heavy (non-hydrogen) atoms. The second-order valence-corrected chi connectivity index (χ2v) is 7.73. The number of carbonyl (C=O) groups excluding carboxylic acids is 1. The summed E-state index contributed by atoms with van der Waals surface area (Å²) in [6.07, 6.45) is 8.75. The highest BCUT2D eigenvalue weighted by atomic mass is 16.5. The van der Waals surface area contributed by atoms with Crippen molar-refractivity contribution in [2.45, 2.75) is 89.6 Å².